The van der Waals surface area contributed by atoms with Gasteiger partial charge >= 0.3 is 7.12 Å². The maximum Gasteiger partial charge on any atom is 0.491 e. The molecule has 0 amide bonds. The second kappa shape index (κ2) is 5.87. The van der Waals surface area contributed by atoms with E-state index in [4.69, 9.17) is 9.39 Å². The molecule has 0 saturated heterocycles. The summed E-state index contributed by atoms with van der Waals surface area (Å²) in [4.78, 5) is 4.32. The van der Waals surface area contributed by atoms with E-state index in [-0.39, 0.29) is 0 Å². The van der Waals surface area contributed by atoms with Crippen LogP contribution >= 0.6 is 0 Å². The molecule has 118 valence electrons. The van der Waals surface area contributed by atoms with Crippen LogP contribution in [-0.2, 0) is 4.65 Å². The lowest BCUT2D eigenvalue weighted by atomic mass is 9.76. The van der Waals surface area contributed by atoms with Gasteiger partial charge in [-0.25, -0.2) is 4.98 Å². The highest BCUT2D eigenvalue weighted by Crippen LogP contribution is 2.25. The summed E-state index contributed by atoms with van der Waals surface area (Å²) in [5.41, 5.74) is -0.604. The number of methoxy groups -OCH3 is 1. The van der Waals surface area contributed by atoms with Crippen molar-refractivity contribution < 1.29 is 19.5 Å². The molecular weight excluding hydrogens is 281 g/mol. The van der Waals surface area contributed by atoms with E-state index >= 15 is 0 Å². The number of hydrogen-bond acceptors (Lipinski definition) is 5. The van der Waals surface area contributed by atoms with Gasteiger partial charge in [0, 0.05) is 11.5 Å². The zero-order valence-corrected chi connectivity index (χ0v) is 13.6. The van der Waals surface area contributed by atoms with Crippen LogP contribution in [0.25, 0.3) is 10.9 Å². The molecule has 2 N–H and O–H groups in total. The highest BCUT2D eigenvalue weighted by Gasteiger charge is 2.39. The first-order chi connectivity index (χ1) is 10.1. The first kappa shape index (κ1) is 16.7. The Kier molecular flexibility index (Phi) is 4.47. The lowest BCUT2D eigenvalue weighted by Gasteiger charge is -2.38. The Balaban J connectivity index is 2.27. The largest absolute Gasteiger partial charge is 0.491 e. The second-order valence-electron chi connectivity index (χ2n) is 6.35. The van der Waals surface area contributed by atoms with Gasteiger partial charge < -0.3 is 19.5 Å². The topological polar surface area (TPSA) is 71.8 Å². The summed E-state index contributed by atoms with van der Waals surface area (Å²) >= 11 is 0. The quantitative estimate of drug-likeness (QED) is 0.819. The van der Waals surface area contributed by atoms with Gasteiger partial charge in [0.2, 0.25) is 5.88 Å². The smallest absolute Gasteiger partial charge is 0.481 e. The number of nitrogens with zero attached hydrogens (tertiary/aromatic N) is 1. The van der Waals surface area contributed by atoms with Gasteiger partial charge in [-0.3, -0.25) is 0 Å². The molecule has 1 aromatic carbocycles. The van der Waals surface area contributed by atoms with Crippen LogP contribution in [0.5, 0.6) is 5.88 Å². The van der Waals surface area contributed by atoms with Crippen molar-refractivity contribution >= 4 is 23.5 Å². The predicted molar refractivity (Wildman–Crippen MR) is 87.4 cm³/mol. The Morgan fingerprint density at radius 1 is 1.09 bits per heavy atom. The Bertz CT molecular complexity index is 667. The molecular formula is C16H22BNO4. The molecule has 0 fully saturated rings. The van der Waals surface area contributed by atoms with Crippen LogP contribution in [-0.4, -0.2) is 40.5 Å². The molecule has 0 radical (unpaired) electrons. The van der Waals surface area contributed by atoms with Gasteiger partial charge in [-0.2, -0.15) is 0 Å². The zero-order valence-electron chi connectivity index (χ0n) is 13.6. The number of ether oxygens (including phenoxy) is 1. The summed E-state index contributed by atoms with van der Waals surface area (Å²) in [6.45, 7) is 6.78. The molecule has 2 aromatic rings. The van der Waals surface area contributed by atoms with Crippen molar-refractivity contribution in [1.29, 1.82) is 0 Å². The van der Waals surface area contributed by atoms with Crippen molar-refractivity contribution in [2.24, 2.45) is 0 Å². The lowest BCUT2D eigenvalue weighted by molar-refractivity contribution is -0.0982. The second-order valence-corrected chi connectivity index (χ2v) is 6.35. The van der Waals surface area contributed by atoms with Crippen molar-refractivity contribution in [1.82, 2.24) is 4.98 Å². The van der Waals surface area contributed by atoms with Crippen molar-refractivity contribution in [3.63, 3.8) is 0 Å². The van der Waals surface area contributed by atoms with Crippen LogP contribution in [0.2, 0.25) is 0 Å². The van der Waals surface area contributed by atoms with Gasteiger partial charge in [0.25, 0.3) is 0 Å². The summed E-state index contributed by atoms with van der Waals surface area (Å²) in [7, 11) is 0.437. The maximum atomic E-state index is 10.3. The van der Waals surface area contributed by atoms with Crippen molar-refractivity contribution in [2.45, 2.75) is 38.9 Å². The van der Waals surface area contributed by atoms with E-state index < -0.39 is 18.3 Å². The Morgan fingerprint density at radius 2 is 1.77 bits per heavy atom. The summed E-state index contributed by atoms with van der Waals surface area (Å²) in [5, 5.41) is 21.3. The molecule has 0 spiro atoms. The Labute approximate surface area is 131 Å². The maximum absolute atomic E-state index is 10.3. The number of fused-ring (bicyclic) bond motifs is 1. The molecule has 0 saturated carbocycles. The summed E-state index contributed by atoms with van der Waals surface area (Å²) in [6.07, 6.45) is 0. The Hall–Kier alpha value is -1.63. The standard InChI is InChI=1S/C16H22BNO4/c1-15(2,19)16(3,4)22-17(20)12-7-8-13-11(10-12)6-9-14(18-13)21-5/h6-10,19-20H,1-5H3. The van der Waals surface area contributed by atoms with Gasteiger partial charge in [-0.1, -0.05) is 12.1 Å². The SMILES string of the molecule is COc1ccc2cc(B(O)OC(C)(C)C(C)(C)O)ccc2n1. The number of rotatable bonds is 5. The number of pyridine rings is 1. The third kappa shape index (κ3) is 3.40. The minimum Gasteiger partial charge on any atom is -0.481 e. The van der Waals surface area contributed by atoms with Gasteiger partial charge in [-0.05, 0) is 45.3 Å². The van der Waals surface area contributed by atoms with Gasteiger partial charge in [0.15, 0.2) is 0 Å². The molecule has 0 aliphatic rings. The first-order valence-corrected chi connectivity index (χ1v) is 7.17. The zero-order chi connectivity index (χ0) is 16.5. The van der Waals surface area contributed by atoms with E-state index in [2.05, 4.69) is 4.98 Å². The van der Waals surface area contributed by atoms with Crippen molar-refractivity contribution in [3.05, 3.63) is 30.3 Å². The third-order valence-corrected chi connectivity index (χ3v) is 4.06. The summed E-state index contributed by atoms with van der Waals surface area (Å²) in [5.74, 6) is 0.542. The van der Waals surface area contributed by atoms with E-state index in [1.807, 2.05) is 12.1 Å². The molecule has 0 bridgehead atoms. The number of aromatic nitrogens is 1. The van der Waals surface area contributed by atoms with E-state index in [0.29, 0.717) is 11.3 Å². The van der Waals surface area contributed by atoms with Crippen LogP contribution in [0, 0.1) is 0 Å². The molecule has 1 aromatic heterocycles. The first-order valence-electron chi connectivity index (χ1n) is 7.17. The molecule has 0 aliphatic heterocycles. The van der Waals surface area contributed by atoms with Gasteiger partial charge in [0.1, 0.15) is 0 Å². The summed E-state index contributed by atoms with van der Waals surface area (Å²) in [6, 6.07) is 9.00. The number of aliphatic hydroxyl groups is 1. The third-order valence-electron chi connectivity index (χ3n) is 4.06. The van der Waals surface area contributed by atoms with E-state index in [1.54, 1.807) is 53.0 Å². The molecule has 0 unspecified atom stereocenters. The number of benzene rings is 1. The average molecular weight is 303 g/mol. The molecule has 1 heterocycles. The van der Waals surface area contributed by atoms with Crippen LogP contribution < -0.4 is 10.2 Å². The van der Waals surface area contributed by atoms with Crippen LogP contribution in [0.4, 0.5) is 0 Å². The highest BCUT2D eigenvalue weighted by atomic mass is 16.5. The molecule has 5 nitrogen and oxygen atoms in total. The van der Waals surface area contributed by atoms with Crippen LogP contribution in [0.15, 0.2) is 30.3 Å². The fourth-order valence-electron chi connectivity index (χ4n) is 1.88. The minimum absolute atomic E-state index is 0.542. The fraction of sp³-hybridized carbons (Fsp3) is 0.438. The predicted octanol–water partition coefficient (Wildman–Crippen LogP) is 1.50. The van der Waals surface area contributed by atoms with Gasteiger partial charge in [-0.15, -0.1) is 0 Å². The van der Waals surface area contributed by atoms with E-state index in [0.717, 1.165) is 10.9 Å². The summed E-state index contributed by atoms with van der Waals surface area (Å²) < 4.78 is 10.7. The van der Waals surface area contributed by atoms with Crippen molar-refractivity contribution in [2.75, 3.05) is 7.11 Å². The molecule has 0 aliphatic carbocycles. The van der Waals surface area contributed by atoms with E-state index in [1.165, 1.54) is 0 Å². The lowest BCUT2D eigenvalue weighted by Crippen LogP contribution is -2.53. The Morgan fingerprint density at radius 3 is 2.36 bits per heavy atom. The van der Waals surface area contributed by atoms with Crippen molar-refractivity contribution in [3.8, 4) is 5.88 Å². The normalized spacial score (nSPS) is 12.5. The van der Waals surface area contributed by atoms with Gasteiger partial charge in [0.05, 0.1) is 23.8 Å². The molecule has 2 rings (SSSR count). The monoisotopic (exact) mass is 303 g/mol. The molecule has 22 heavy (non-hydrogen) atoms. The van der Waals surface area contributed by atoms with E-state index in [9.17, 15) is 10.1 Å². The molecule has 0 atom stereocenters. The minimum atomic E-state index is -1.13. The highest BCUT2D eigenvalue weighted by molar-refractivity contribution is 6.60. The number of hydrogen-bond donors (Lipinski definition) is 2. The average Bonchev–Trinajstić information content (AvgIpc) is 2.44. The van der Waals surface area contributed by atoms with Crippen LogP contribution in [0.1, 0.15) is 27.7 Å². The van der Waals surface area contributed by atoms with Crippen LogP contribution in [0.3, 0.4) is 0 Å². The molecule has 6 heteroatoms. The fourth-order valence-corrected chi connectivity index (χ4v) is 1.88.